The van der Waals surface area contributed by atoms with E-state index < -0.39 is 11.5 Å². The third kappa shape index (κ3) is 2.40. The number of aromatic nitrogens is 4. The van der Waals surface area contributed by atoms with Crippen LogP contribution in [0.5, 0.6) is 0 Å². The normalized spacial score (nSPS) is 11.1. The highest BCUT2D eigenvalue weighted by atomic mass is 16.4. The number of carboxylic acids is 1. The Bertz CT molecular complexity index is 985. The van der Waals surface area contributed by atoms with Crippen LogP contribution >= 0.6 is 0 Å². The summed E-state index contributed by atoms with van der Waals surface area (Å²) in [4.78, 5) is 30.4. The zero-order valence-corrected chi connectivity index (χ0v) is 13.0. The number of aromatic amines is 1. The molecule has 3 aromatic rings. The maximum atomic E-state index is 12.3. The third-order valence-corrected chi connectivity index (χ3v) is 3.90. The Kier molecular flexibility index (Phi) is 3.48. The molecular formula is C16H16N4O3. The minimum absolute atomic E-state index is 0.255. The van der Waals surface area contributed by atoms with Crippen molar-refractivity contribution < 1.29 is 9.90 Å². The molecule has 7 nitrogen and oxygen atoms in total. The molecular weight excluding hydrogens is 296 g/mol. The van der Waals surface area contributed by atoms with Crippen LogP contribution in [0.4, 0.5) is 0 Å². The van der Waals surface area contributed by atoms with Crippen molar-refractivity contribution in [2.75, 3.05) is 0 Å². The van der Waals surface area contributed by atoms with Crippen molar-refractivity contribution in [3.05, 3.63) is 51.1 Å². The highest BCUT2D eigenvalue weighted by molar-refractivity contribution is 5.85. The molecule has 118 valence electrons. The van der Waals surface area contributed by atoms with Gasteiger partial charge in [-0.15, -0.1) is 0 Å². The molecule has 3 rings (SSSR count). The summed E-state index contributed by atoms with van der Waals surface area (Å²) >= 11 is 0. The first-order valence-electron chi connectivity index (χ1n) is 7.15. The predicted octanol–water partition coefficient (Wildman–Crippen LogP) is 1.66. The molecule has 3 aromatic heterocycles. The molecule has 0 amide bonds. The lowest BCUT2D eigenvalue weighted by molar-refractivity contribution is -0.136. The lowest BCUT2D eigenvalue weighted by Gasteiger charge is -2.07. The van der Waals surface area contributed by atoms with Crippen molar-refractivity contribution in [1.82, 2.24) is 19.7 Å². The molecule has 23 heavy (non-hydrogen) atoms. The average molecular weight is 312 g/mol. The van der Waals surface area contributed by atoms with Crippen molar-refractivity contribution in [2.45, 2.75) is 27.2 Å². The van der Waals surface area contributed by atoms with Gasteiger partial charge < -0.3 is 10.1 Å². The van der Waals surface area contributed by atoms with Crippen LogP contribution in [0.1, 0.15) is 22.4 Å². The molecule has 0 aliphatic rings. The van der Waals surface area contributed by atoms with E-state index in [0.717, 1.165) is 10.9 Å². The second kappa shape index (κ2) is 5.35. The van der Waals surface area contributed by atoms with E-state index in [1.807, 2.05) is 26.0 Å². The van der Waals surface area contributed by atoms with E-state index in [9.17, 15) is 9.59 Å². The second-order valence-electron chi connectivity index (χ2n) is 5.49. The number of aryl methyl sites for hydroxylation is 3. The first kappa shape index (κ1) is 15.0. The van der Waals surface area contributed by atoms with Crippen LogP contribution in [0.25, 0.3) is 16.9 Å². The maximum absolute atomic E-state index is 12.3. The number of pyridine rings is 2. The number of aliphatic carboxylic acids is 1. The number of hydrogen-bond donors (Lipinski definition) is 2. The fraction of sp³-hybridized carbons (Fsp3) is 0.250. The van der Waals surface area contributed by atoms with E-state index in [-0.39, 0.29) is 12.0 Å². The molecule has 0 saturated heterocycles. The van der Waals surface area contributed by atoms with Crippen LogP contribution in [-0.4, -0.2) is 30.8 Å². The molecule has 0 aromatic carbocycles. The van der Waals surface area contributed by atoms with Crippen LogP contribution in [0.3, 0.4) is 0 Å². The van der Waals surface area contributed by atoms with E-state index in [1.165, 1.54) is 0 Å². The Morgan fingerprint density at radius 1 is 1.35 bits per heavy atom. The van der Waals surface area contributed by atoms with Gasteiger partial charge in [-0.25, -0.2) is 4.98 Å². The standard InChI is InChI=1S/C16H16N4O3/c1-8-5-4-6-17-14(8)20-15-13(10(3)19-20)9(2)11(7-12(21)22)16(23)18-15/h4-6H,7H2,1-3H3,(H,18,23)(H,21,22). The SMILES string of the molecule is Cc1cccnc1-n1nc(C)c2c(C)c(CC(=O)O)c(=O)[nH]c21. The van der Waals surface area contributed by atoms with Gasteiger partial charge in [0.2, 0.25) is 0 Å². The molecule has 7 heteroatoms. The van der Waals surface area contributed by atoms with E-state index in [4.69, 9.17) is 5.11 Å². The highest BCUT2D eigenvalue weighted by Crippen LogP contribution is 2.24. The van der Waals surface area contributed by atoms with Crippen LogP contribution in [0.2, 0.25) is 0 Å². The summed E-state index contributed by atoms with van der Waals surface area (Å²) in [7, 11) is 0. The molecule has 0 unspecified atom stereocenters. The van der Waals surface area contributed by atoms with Crippen LogP contribution in [0.15, 0.2) is 23.1 Å². The van der Waals surface area contributed by atoms with Gasteiger partial charge in [-0.05, 0) is 38.0 Å². The summed E-state index contributed by atoms with van der Waals surface area (Å²) in [5.74, 6) is -0.407. The number of carboxylic acid groups (broad SMARTS) is 1. The fourth-order valence-electron chi connectivity index (χ4n) is 2.81. The van der Waals surface area contributed by atoms with Gasteiger partial charge in [0, 0.05) is 17.1 Å². The van der Waals surface area contributed by atoms with Crippen LogP contribution in [0, 0.1) is 20.8 Å². The van der Waals surface area contributed by atoms with Crippen molar-refractivity contribution in [3.63, 3.8) is 0 Å². The Balaban J connectivity index is 2.35. The first-order chi connectivity index (χ1) is 10.9. The largest absolute Gasteiger partial charge is 0.481 e. The smallest absolute Gasteiger partial charge is 0.308 e. The lowest BCUT2D eigenvalue weighted by atomic mass is 10.0. The molecule has 0 fully saturated rings. The Morgan fingerprint density at radius 3 is 2.74 bits per heavy atom. The highest BCUT2D eigenvalue weighted by Gasteiger charge is 2.19. The second-order valence-corrected chi connectivity index (χ2v) is 5.49. The maximum Gasteiger partial charge on any atom is 0.308 e. The first-order valence-corrected chi connectivity index (χ1v) is 7.15. The fourth-order valence-corrected chi connectivity index (χ4v) is 2.81. The lowest BCUT2D eigenvalue weighted by Crippen LogP contribution is -2.19. The van der Waals surface area contributed by atoms with Gasteiger partial charge in [-0.1, -0.05) is 6.07 Å². The van der Waals surface area contributed by atoms with E-state index >= 15 is 0 Å². The molecule has 0 atom stereocenters. The zero-order valence-electron chi connectivity index (χ0n) is 13.0. The van der Waals surface area contributed by atoms with Crippen molar-refractivity contribution in [1.29, 1.82) is 0 Å². The minimum atomic E-state index is -1.04. The molecule has 0 spiro atoms. The topological polar surface area (TPSA) is 101 Å². The Hall–Kier alpha value is -2.96. The number of H-pyrrole nitrogens is 1. The van der Waals surface area contributed by atoms with Crippen molar-refractivity contribution in [3.8, 4) is 5.82 Å². The molecule has 0 aliphatic heterocycles. The zero-order chi connectivity index (χ0) is 16.7. The number of carbonyl (C=O) groups is 1. The van der Waals surface area contributed by atoms with Crippen LogP contribution in [-0.2, 0) is 11.2 Å². The minimum Gasteiger partial charge on any atom is -0.481 e. The van der Waals surface area contributed by atoms with Gasteiger partial charge in [0.25, 0.3) is 5.56 Å². The number of hydrogen-bond acceptors (Lipinski definition) is 4. The number of nitrogens with zero attached hydrogens (tertiary/aromatic N) is 3. The Labute approximate surface area is 131 Å². The van der Waals surface area contributed by atoms with Gasteiger partial charge in [0.1, 0.15) is 5.65 Å². The van der Waals surface area contributed by atoms with Gasteiger partial charge in [0.15, 0.2) is 5.82 Å². The monoisotopic (exact) mass is 312 g/mol. The molecule has 2 N–H and O–H groups in total. The number of rotatable bonds is 3. The Morgan fingerprint density at radius 2 is 2.09 bits per heavy atom. The summed E-state index contributed by atoms with van der Waals surface area (Å²) < 4.78 is 1.60. The molecule has 0 bridgehead atoms. The van der Waals surface area contributed by atoms with Crippen LogP contribution < -0.4 is 5.56 Å². The molecule has 0 radical (unpaired) electrons. The van der Waals surface area contributed by atoms with Gasteiger partial charge >= 0.3 is 5.97 Å². The van der Waals surface area contributed by atoms with E-state index in [2.05, 4.69) is 15.1 Å². The average Bonchev–Trinajstić information content (AvgIpc) is 2.80. The summed E-state index contributed by atoms with van der Waals surface area (Å²) in [6, 6.07) is 3.74. The van der Waals surface area contributed by atoms with Crippen molar-refractivity contribution >= 4 is 17.0 Å². The number of nitrogens with one attached hydrogen (secondary N) is 1. The number of fused-ring (bicyclic) bond motifs is 1. The third-order valence-electron chi connectivity index (χ3n) is 3.90. The van der Waals surface area contributed by atoms with Gasteiger partial charge in [-0.3, -0.25) is 9.59 Å². The molecule has 0 saturated carbocycles. The predicted molar refractivity (Wildman–Crippen MR) is 85.0 cm³/mol. The quantitative estimate of drug-likeness (QED) is 0.766. The van der Waals surface area contributed by atoms with Crippen molar-refractivity contribution in [2.24, 2.45) is 0 Å². The summed E-state index contributed by atoms with van der Waals surface area (Å²) in [5, 5.41) is 14.2. The molecule has 3 heterocycles. The van der Waals surface area contributed by atoms with E-state index in [0.29, 0.717) is 22.7 Å². The van der Waals surface area contributed by atoms with Gasteiger partial charge in [0.05, 0.1) is 12.1 Å². The summed E-state index contributed by atoms with van der Waals surface area (Å²) in [5.41, 5.74) is 2.65. The summed E-state index contributed by atoms with van der Waals surface area (Å²) in [6.07, 6.45) is 1.35. The summed E-state index contributed by atoms with van der Waals surface area (Å²) in [6.45, 7) is 5.49. The molecule has 0 aliphatic carbocycles. The van der Waals surface area contributed by atoms with E-state index in [1.54, 1.807) is 17.8 Å². The van der Waals surface area contributed by atoms with Gasteiger partial charge in [-0.2, -0.15) is 9.78 Å².